The minimum atomic E-state index is 0.399. The molecule has 0 bridgehead atoms. The van der Waals surface area contributed by atoms with Gasteiger partial charge in [-0.2, -0.15) is 0 Å². The van der Waals surface area contributed by atoms with E-state index in [1.165, 1.54) is 5.56 Å². The number of aryl methyl sites for hydroxylation is 1. The smallest absolute Gasteiger partial charge is 0.120 e. The van der Waals surface area contributed by atoms with E-state index in [0.717, 1.165) is 18.4 Å². The van der Waals surface area contributed by atoms with Gasteiger partial charge < -0.3 is 10.0 Å². The van der Waals surface area contributed by atoms with Gasteiger partial charge in [0.05, 0.1) is 0 Å². The van der Waals surface area contributed by atoms with E-state index >= 15 is 0 Å². The Balaban J connectivity index is 2.46. The second-order valence-electron chi connectivity index (χ2n) is 3.87. The van der Waals surface area contributed by atoms with E-state index in [0.29, 0.717) is 11.8 Å². The van der Waals surface area contributed by atoms with E-state index in [1.807, 2.05) is 6.07 Å². The number of fused-ring (bicyclic) bond motifs is 1. The molecule has 1 aromatic rings. The maximum absolute atomic E-state index is 9.72. The molecular weight excluding hydrogens is 162 g/mol. The molecule has 1 unspecified atom stereocenters. The largest absolute Gasteiger partial charge is 0.508 e. The molecule has 0 radical (unpaired) electrons. The second-order valence-corrected chi connectivity index (χ2v) is 3.87. The summed E-state index contributed by atoms with van der Waals surface area (Å²) in [6.45, 7) is 0. The highest BCUT2D eigenvalue weighted by Crippen LogP contribution is 2.39. The van der Waals surface area contributed by atoms with Crippen LogP contribution in [-0.4, -0.2) is 24.1 Å². The lowest BCUT2D eigenvalue weighted by molar-refractivity contribution is 0.292. The number of phenols is 1. The molecule has 2 nitrogen and oxygen atoms in total. The van der Waals surface area contributed by atoms with Crippen LogP contribution in [-0.2, 0) is 6.42 Å². The van der Waals surface area contributed by atoms with Crippen LogP contribution in [0.2, 0.25) is 0 Å². The fourth-order valence-corrected chi connectivity index (χ4v) is 2.16. The van der Waals surface area contributed by atoms with Crippen LogP contribution in [0.3, 0.4) is 0 Å². The van der Waals surface area contributed by atoms with E-state index in [-0.39, 0.29) is 0 Å². The van der Waals surface area contributed by atoms with Crippen molar-refractivity contribution in [1.29, 1.82) is 0 Å². The predicted octanol–water partition coefficient (Wildman–Crippen LogP) is 1.94. The zero-order valence-electron chi connectivity index (χ0n) is 8.12. The van der Waals surface area contributed by atoms with Crippen molar-refractivity contribution in [3.05, 3.63) is 29.3 Å². The summed E-state index contributed by atoms with van der Waals surface area (Å²) < 4.78 is 0. The lowest BCUT2D eigenvalue weighted by Crippen LogP contribution is -2.17. The van der Waals surface area contributed by atoms with Gasteiger partial charge in [0, 0.05) is 11.6 Å². The third kappa shape index (κ3) is 1.31. The Morgan fingerprint density at radius 1 is 1.38 bits per heavy atom. The van der Waals surface area contributed by atoms with Gasteiger partial charge in [0.1, 0.15) is 5.75 Å². The van der Waals surface area contributed by atoms with Crippen LogP contribution in [0.1, 0.15) is 23.6 Å². The van der Waals surface area contributed by atoms with Crippen molar-refractivity contribution in [2.45, 2.75) is 18.9 Å². The first-order valence-electron chi connectivity index (χ1n) is 4.67. The first-order valence-corrected chi connectivity index (χ1v) is 4.67. The molecule has 1 aromatic carbocycles. The summed E-state index contributed by atoms with van der Waals surface area (Å²) in [5.41, 5.74) is 2.44. The highest BCUT2D eigenvalue weighted by molar-refractivity contribution is 5.44. The summed E-state index contributed by atoms with van der Waals surface area (Å²) in [6.07, 6.45) is 2.21. The summed E-state index contributed by atoms with van der Waals surface area (Å²) in [6, 6.07) is 6.21. The zero-order valence-corrected chi connectivity index (χ0v) is 8.12. The first kappa shape index (κ1) is 8.57. The van der Waals surface area contributed by atoms with E-state index in [2.05, 4.69) is 25.1 Å². The molecule has 13 heavy (non-hydrogen) atoms. The third-order valence-corrected chi connectivity index (χ3v) is 2.82. The van der Waals surface area contributed by atoms with Gasteiger partial charge in [-0.1, -0.05) is 12.1 Å². The molecule has 70 valence electrons. The molecule has 0 amide bonds. The van der Waals surface area contributed by atoms with E-state index < -0.39 is 0 Å². The minimum absolute atomic E-state index is 0.399. The average molecular weight is 177 g/mol. The molecule has 1 N–H and O–H groups in total. The van der Waals surface area contributed by atoms with Gasteiger partial charge in [-0.05, 0) is 38.6 Å². The summed E-state index contributed by atoms with van der Waals surface area (Å²) in [5, 5.41) is 9.72. The van der Waals surface area contributed by atoms with Crippen LogP contribution in [0.15, 0.2) is 18.2 Å². The van der Waals surface area contributed by atoms with Gasteiger partial charge in [-0.25, -0.2) is 0 Å². The predicted molar refractivity (Wildman–Crippen MR) is 52.9 cm³/mol. The lowest BCUT2D eigenvalue weighted by Gasteiger charge is -2.20. The number of hydrogen-bond acceptors (Lipinski definition) is 2. The number of phenolic OH excluding ortho intramolecular Hbond substituents is 1. The van der Waals surface area contributed by atoms with Crippen LogP contribution in [0.5, 0.6) is 5.75 Å². The second kappa shape index (κ2) is 3.04. The van der Waals surface area contributed by atoms with E-state index in [9.17, 15) is 5.11 Å². The maximum Gasteiger partial charge on any atom is 0.120 e. The summed E-state index contributed by atoms with van der Waals surface area (Å²) >= 11 is 0. The van der Waals surface area contributed by atoms with Gasteiger partial charge in [0.25, 0.3) is 0 Å². The molecule has 1 aliphatic carbocycles. The Labute approximate surface area is 78.8 Å². The SMILES string of the molecule is CN(C)C1CCc2cccc(O)c21. The summed E-state index contributed by atoms with van der Waals surface area (Å²) in [7, 11) is 4.12. The van der Waals surface area contributed by atoms with Crippen molar-refractivity contribution in [3.8, 4) is 5.75 Å². The quantitative estimate of drug-likeness (QED) is 0.708. The average Bonchev–Trinajstić information content (AvgIpc) is 2.49. The van der Waals surface area contributed by atoms with Gasteiger partial charge >= 0.3 is 0 Å². The first-order chi connectivity index (χ1) is 6.20. The highest BCUT2D eigenvalue weighted by atomic mass is 16.3. The molecule has 0 saturated heterocycles. The number of hydrogen-bond donors (Lipinski definition) is 1. The van der Waals surface area contributed by atoms with Crippen LogP contribution in [0.25, 0.3) is 0 Å². The van der Waals surface area contributed by atoms with Crippen LogP contribution < -0.4 is 0 Å². The Kier molecular flexibility index (Phi) is 2.00. The molecule has 1 aliphatic rings. The topological polar surface area (TPSA) is 23.5 Å². The molecule has 0 saturated carbocycles. The van der Waals surface area contributed by atoms with Crippen molar-refractivity contribution >= 4 is 0 Å². The Bertz CT molecular complexity index is 320. The molecule has 0 aliphatic heterocycles. The maximum atomic E-state index is 9.72. The van der Waals surface area contributed by atoms with Gasteiger partial charge in [0.15, 0.2) is 0 Å². The molecule has 2 heteroatoms. The van der Waals surface area contributed by atoms with Gasteiger partial charge in [-0.3, -0.25) is 0 Å². The third-order valence-electron chi connectivity index (χ3n) is 2.82. The zero-order chi connectivity index (χ0) is 9.42. The Morgan fingerprint density at radius 2 is 2.15 bits per heavy atom. The van der Waals surface area contributed by atoms with Crippen LogP contribution >= 0.6 is 0 Å². The minimum Gasteiger partial charge on any atom is -0.508 e. The normalized spacial score (nSPS) is 20.7. The summed E-state index contributed by atoms with van der Waals surface area (Å²) in [4.78, 5) is 2.17. The van der Waals surface area contributed by atoms with E-state index in [1.54, 1.807) is 6.07 Å². The Morgan fingerprint density at radius 3 is 2.85 bits per heavy atom. The number of rotatable bonds is 1. The number of aromatic hydroxyl groups is 1. The van der Waals surface area contributed by atoms with Crippen LogP contribution in [0, 0.1) is 0 Å². The van der Waals surface area contributed by atoms with E-state index in [4.69, 9.17) is 0 Å². The molecular formula is C11H15NO. The Hall–Kier alpha value is -1.02. The molecule has 0 spiro atoms. The number of benzene rings is 1. The highest BCUT2D eigenvalue weighted by Gasteiger charge is 2.26. The summed E-state index contributed by atoms with van der Waals surface area (Å²) in [5.74, 6) is 0.453. The monoisotopic (exact) mass is 177 g/mol. The van der Waals surface area contributed by atoms with Gasteiger partial charge in [-0.15, -0.1) is 0 Å². The fourth-order valence-electron chi connectivity index (χ4n) is 2.16. The molecule has 2 rings (SSSR count). The van der Waals surface area contributed by atoms with Crippen molar-refractivity contribution in [2.24, 2.45) is 0 Å². The molecule has 1 atom stereocenters. The fraction of sp³-hybridized carbons (Fsp3) is 0.455. The van der Waals surface area contributed by atoms with Crippen molar-refractivity contribution < 1.29 is 5.11 Å². The van der Waals surface area contributed by atoms with Crippen molar-refractivity contribution in [2.75, 3.05) is 14.1 Å². The molecule has 0 aromatic heterocycles. The lowest BCUT2D eigenvalue weighted by atomic mass is 10.1. The van der Waals surface area contributed by atoms with Crippen LogP contribution in [0.4, 0.5) is 0 Å². The van der Waals surface area contributed by atoms with Crippen molar-refractivity contribution in [3.63, 3.8) is 0 Å². The molecule has 0 heterocycles. The molecule has 0 fully saturated rings. The van der Waals surface area contributed by atoms with Crippen molar-refractivity contribution in [1.82, 2.24) is 4.90 Å². The standard InChI is InChI=1S/C11H15NO/c1-12(2)9-7-6-8-4-3-5-10(13)11(8)9/h3-5,9,13H,6-7H2,1-2H3. The van der Waals surface area contributed by atoms with Gasteiger partial charge in [0.2, 0.25) is 0 Å². The number of nitrogens with zero attached hydrogens (tertiary/aromatic N) is 1.